The second-order valence-electron chi connectivity index (χ2n) is 26.5. The summed E-state index contributed by atoms with van der Waals surface area (Å²) in [7, 11) is 1.66. The Hall–Kier alpha value is -9.29. The Morgan fingerprint density at radius 1 is 0.558 bits per heavy atom. The van der Waals surface area contributed by atoms with Gasteiger partial charge in [-0.3, -0.25) is 13.2 Å². The molecule has 3 fully saturated rings. The van der Waals surface area contributed by atoms with Crippen LogP contribution in [0.1, 0.15) is 108 Å². The van der Waals surface area contributed by atoms with E-state index in [2.05, 4.69) is 58.4 Å². The SMILES string of the molecule is CC(C)(C)OC(=O)N1CCC[C@@H](Cc2cc(Cl)nc(-c3cnc4ccc(F)cn34)n2)C1.COc1ccc(CCc2cc(C[C@@H]3CCCN(C(=O)OC(C)(C)C)C3)nc(-c3cnc4ccc(F)cn34)n2)cc1.Nc1cc(C[C@@H]2CCCNC2)nc(-c2cnc3ccc(F)cn23)n1. The lowest BCUT2D eigenvalue weighted by Gasteiger charge is -2.34. The number of ether oxygens (including phenoxy) is 3. The van der Waals surface area contributed by atoms with E-state index in [9.17, 15) is 22.8 Å². The van der Waals surface area contributed by atoms with E-state index in [4.69, 9.17) is 41.5 Å². The molecule has 2 amide bonds. The highest BCUT2D eigenvalue weighted by atomic mass is 35.5. The van der Waals surface area contributed by atoms with Crippen molar-refractivity contribution in [3.63, 3.8) is 0 Å². The van der Waals surface area contributed by atoms with Gasteiger partial charge in [-0.2, -0.15) is 0 Å². The fourth-order valence-electron chi connectivity index (χ4n) is 12.2. The summed E-state index contributed by atoms with van der Waals surface area (Å²) in [5, 5.41) is 3.72. The summed E-state index contributed by atoms with van der Waals surface area (Å²) < 4.78 is 62.7. The van der Waals surface area contributed by atoms with Crippen LogP contribution in [0.15, 0.2) is 116 Å². The number of benzene rings is 1. The van der Waals surface area contributed by atoms with Crippen molar-refractivity contribution in [3.05, 3.63) is 167 Å². The van der Waals surface area contributed by atoms with Gasteiger partial charge in [0.15, 0.2) is 17.5 Å². The maximum Gasteiger partial charge on any atom is 0.410 e. The third-order valence-electron chi connectivity index (χ3n) is 16.5. The lowest BCUT2D eigenvalue weighted by molar-refractivity contribution is 0.0156. The summed E-state index contributed by atoms with van der Waals surface area (Å²) in [6.45, 7) is 15.9. The molecule has 498 valence electrons. The van der Waals surface area contributed by atoms with Gasteiger partial charge in [-0.25, -0.2) is 67.6 Å². The van der Waals surface area contributed by atoms with Crippen molar-refractivity contribution in [1.29, 1.82) is 0 Å². The third kappa shape index (κ3) is 17.9. The fraction of sp³-hybridized carbons (Fsp3) is 0.414. The van der Waals surface area contributed by atoms with Crippen molar-refractivity contribution in [2.24, 2.45) is 17.8 Å². The molecule has 3 saturated heterocycles. The van der Waals surface area contributed by atoms with Gasteiger partial charge >= 0.3 is 12.2 Å². The molecule has 21 nitrogen and oxygen atoms in total. The van der Waals surface area contributed by atoms with Crippen molar-refractivity contribution in [1.82, 2.24) is 73.2 Å². The minimum Gasteiger partial charge on any atom is -0.497 e. The molecule has 9 aromatic heterocycles. The summed E-state index contributed by atoms with van der Waals surface area (Å²) in [5.74, 6) is 2.60. The standard InChI is InChI=1S/C31H36FN5O3.C22H25ClFN5O2.C17H19FN6/c1-31(2,3)40-30(38)36-15-5-6-22(19-36)16-25-17-24(11-7-21-8-12-26(39-4)13-9-21)34-29(35-25)27-18-33-28-14-10-23(32)20-37(27)28;1-22(2,3)31-21(30)28-8-4-5-14(12-28)9-16-10-18(23)27-20(26-16)17-11-25-19-7-6-15(24)13-29(17)19;18-12-3-4-16-21-9-14(24(16)10-12)17-22-13(7-15(19)23-17)6-11-2-1-5-20-8-11/h8-10,12-14,17-18,20,22H,5-7,11,15-16,19H2,1-4H3;6-7,10-11,13-14H,4-5,8-9,12H2,1-3H3;3-4,7,9-11,20H,1-2,5-6,8H2,(H2,19,22,23)/t22-;14-;11-/m000/s1. The average molecular weight is 1320 g/mol. The maximum absolute atomic E-state index is 14.1. The number of pyridine rings is 3. The van der Waals surface area contributed by atoms with Crippen molar-refractivity contribution in [2.75, 3.05) is 52.1 Å². The number of aromatic nitrogens is 12. The highest BCUT2D eigenvalue weighted by molar-refractivity contribution is 6.29. The number of hydrogen-bond acceptors (Lipinski definition) is 16. The van der Waals surface area contributed by atoms with E-state index >= 15 is 0 Å². The monoisotopic (exact) mass is 1320 g/mol. The smallest absolute Gasteiger partial charge is 0.410 e. The molecule has 1 aromatic carbocycles. The minimum absolute atomic E-state index is 0.236. The number of piperidine rings is 3. The van der Waals surface area contributed by atoms with E-state index < -0.39 is 11.2 Å². The molecule has 0 aliphatic carbocycles. The van der Waals surface area contributed by atoms with Gasteiger partial charge in [-0.05, 0) is 209 Å². The molecule has 0 saturated carbocycles. The van der Waals surface area contributed by atoms with Crippen LogP contribution >= 0.6 is 11.6 Å². The van der Waals surface area contributed by atoms with Gasteiger partial charge in [0, 0.05) is 73.6 Å². The number of halogens is 4. The van der Waals surface area contributed by atoms with Crippen LogP contribution in [0, 0.1) is 35.2 Å². The summed E-state index contributed by atoms with van der Waals surface area (Å²) in [6.07, 6.45) is 18.4. The van der Waals surface area contributed by atoms with Crippen LogP contribution in [0.4, 0.5) is 28.6 Å². The van der Waals surface area contributed by atoms with Crippen LogP contribution in [-0.4, -0.2) is 138 Å². The molecule has 3 N–H and O–H groups in total. The molecule has 25 heteroatoms. The first kappa shape index (κ1) is 67.1. The van der Waals surface area contributed by atoms with E-state index in [1.165, 1.54) is 55.2 Å². The van der Waals surface area contributed by atoms with Crippen LogP contribution in [0.25, 0.3) is 51.5 Å². The van der Waals surface area contributed by atoms with Crippen LogP contribution < -0.4 is 15.8 Å². The second kappa shape index (κ2) is 29.6. The highest BCUT2D eigenvalue weighted by Crippen LogP contribution is 2.29. The lowest BCUT2D eigenvalue weighted by atomic mass is 9.93. The number of amides is 2. The van der Waals surface area contributed by atoms with E-state index in [-0.39, 0.29) is 41.5 Å². The Morgan fingerprint density at radius 3 is 1.47 bits per heavy atom. The molecular formula is C70H80ClF3N16O5. The summed E-state index contributed by atoms with van der Waals surface area (Å²) >= 11 is 6.28. The zero-order valence-corrected chi connectivity index (χ0v) is 55.4. The van der Waals surface area contributed by atoms with Gasteiger partial charge in [0.25, 0.3) is 0 Å². The zero-order valence-electron chi connectivity index (χ0n) is 54.6. The summed E-state index contributed by atoms with van der Waals surface area (Å²) in [6, 6.07) is 22.6. The molecule has 13 rings (SSSR count). The first-order chi connectivity index (χ1) is 45.5. The van der Waals surface area contributed by atoms with Gasteiger partial charge in [-0.15, -0.1) is 0 Å². The number of carbonyl (C=O) groups is 2. The van der Waals surface area contributed by atoms with Gasteiger partial charge in [0.05, 0.1) is 25.7 Å². The number of rotatable bonds is 13. The molecule has 3 aliphatic heterocycles. The van der Waals surface area contributed by atoms with Gasteiger partial charge < -0.3 is 35.1 Å². The van der Waals surface area contributed by atoms with E-state index in [0.717, 1.165) is 80.1 Å². The molecular weight excluding hydrogens is 1240 g/mol. The molecule has 3 aliphatic rings. The van der Waals surface area contributed by atoms with Crippen molar-refractivity contribution in [3.8, 4) is 40.3 Å². The molecule has 0 unspecified atom stereocenters. The number of likely N-dealkylation sites (tertiary alicyclic amines) is 2. The Balaban J connectivity index is 0.000000150. The van der Waals surface area contributed by atoms with Crippen molar-refractivity contribution in [2.45, 2.75) is 123 Å². The van der Waals surface area contributed by atoms with Gasteiger partial charge in [0.2, 0.25) is 0 Å². The molecule has 3 atom stereocenters. The highest BCUT2D eigenvalue weighted by Gasteiger charge is 2.31. The number of aryl methyl sites for hydroxylation is 2. The third-order valence-corrected chi connectivity index (χ3v) is 16.7. The first-order valence-electron chi connectivity index (χ1n) is 32.3. The van der Waals surface area contributed by atoms with E-state index in [1.807, 2.05) is 59.7 Å². The number of fused-ring (bicyclic) bond motifs is 3. The summed E-state index contributed by atoms with van der Waals surface area (Å²) in [5.41, 5.74) is 13.3. The predicted molar refractivity (Wildman–Crippen MR) is 356 cm³/mol. The van der Waals surface area contributed by atoms with E-state index in [0.29, 0.717) is 114 Å². The number of methoxy groups -OCH3 is 1. The Bertz CT molecular complexity index is 4320. The first-order valence-corrected chi connectivity index (χ1v) is 32.6. The largest absolute Gasteiger partial charge is 0.497 e. The van der Waals surface area contributed by atoms with Crippen LogP contribution in [-0.2, 0) is 41.6 Å². The average Bonchev–Trinajstić information content (AvgIpc) is 1.71. The molecule has 0 bridgehead atoms. The number of nitrogens with zero attached hydrogens (tertiary/aromatic N) is 14. The topological polar surface area (TPSA) is 236 Å². The Labute approximate surface area is 554 Å². The van der Waals surface area contributed by atoms with E-state index in [1.54, 1.807) is 73.0 Å². The molecule has 0 spiro atoms. The Kier molecular flexibility index (Phi) is 20.9. The van der Waals surface area contributed by atoms with Crippen molar-refractivity contribution < 1.29 is 37.0 Å². The number of imidazole rings is 3. The van der Waals surface area contributed by atoms with Gasteiger partial charge in [0.1, 0.15) is 79.4 Å². The number of carbonyl (C=O) groups excluding carboxylic acids is 2. The Morgan fingerprint density at radius 2 is 1.00 bits per heavy atom. The van der Waals surface area contributed by atoms with Crippen LogP contribution in [0.2, 0.25) is 5.15 Å². The lowest BCUT2D eigenvalue weighted by Crippen LogP contribution is -2.43. The van der Waals surface area contributed by atoms with Crippen LogP contribution in [0.5, 0.6) is 5.75 Å². The quantitative estimate of drug-likeness (QED) is 0.102. The minimum atomic E-state index is -0.530. The number of nitrogen functional groups attached to an aromatic ring is 1. The number of nitrogens with two attached hydrogens (primary N) is 1. The normalized spacial score (nSPS) is 16.9. The van der Waals surface area contributed by atoms with Gasteiger partial charge in [-0.1, -0.05) is 23.7 Å². The molecule has 10 aromatic rings. The number of nitrogens with one attached hydrogen (secondary N) is 1. The molecule has 12 heterocycles. The maximum atomic E-state index is 14.1. The molecule has 95 heavy (non-hydrogen) atoms. The zero-order chi connectivity index (χ0) is 67.0. The second-order valence-corrected chi connectivity index (χ2v) is 26.9. The van der Waals surface area contributed by atoms with Crippen molar-refractivity contribution >= 4 is 46.5 Å². The fourth-order valence-corrected chi connectivity index (χ4v) is 12.4. The number of anilines is 1. The molecule has 0 radical (unpaired) electrons. The number of hydrogen-bond donors (Lipinski definition) is 2. The predicted octanol–water partition coefficient (Wildman–Crippen LogP) is 12.7. The summed E-state index contributed by atoms with van der Waals surface area (Å²) in [4.78, 5) is 69.5. The van der Waals surface area contributed by atoms with Crippen LogP contribution in [0.3, 0.4) is 0 Å².